The van der Waals surface area contributed by atoms with Gasteiger partial charge in [-0.2, -0.15) is 5.10 Å². The standard InChI is InChI=1S/C14H12N4OS/c1-10-6-7-13(20-10)14(19)17-11-4-2-3-5-12(11)18-9-15-8-16-18/h2-9H,1H3,(H,17,19). The molecule has 0 spiro atoms. The van der Waals surface area contributed by atoms with Gasteiger partial charge in [0.25, 0.3) is 5.91 Å². The number of aryl methyl sites for hydroxylation is 1. The van der Waals surface area contributed by atoms with Crippen molar-refractivity contribution in [2.75, 3.05) is 5.32 Å². The molecule has 0 aliphatic rings. The van der Waals surface area contributed by atoms with Crippen LogP contribution in [0.15, 0.2) is 49.1 Å². The fourth-order valence-electron chi connectivity index (χ4n) is 1.85. The van der Waals surface area contributed by atoms with Gasteiger partial charge in [0.15, 0.2) is 0 Å². The molecular weight excluding hydrogens is 272 g/mol. The van der Waals surface area contributed by atoms with E-state index in [0.29, 0.717) is 10.6 Å². The van der Waals surface area contributed by atoms with Crippen LogP contribution in [0.2, 0.25) is 0 Å². The van der Waals surface area contributed by atoms with Gasteiger partial charge in [0.2, 0.25) is 0 Å². The molecule has 0 unspecified atom stereocenters. The van der Waals surface area contributed by atoms with E-state index in [1.54, 1.807) is 11.0 Å². The number of carbonyl (C=O) groups excluding carboxylic acids is 1. The first-order chi connectivity index (χ1) is 9.74. The predicted molar refractivity (Wildman–Crippen MR) is 78.4 cm³/mol. The van der Waals surface area contributed by atoms with Crippen LogP contribution >= 0.6 is 11.3 Å². The minimum absolute atomic E-state index is 0.115. The van der Waals surface area contributed by atoms with Crippen molar-refractivity contribution in [3.05, 3.63) is 58.8 Å². The molecule has 2 heterocycles. The highest BCUT2D eigenvalue weighted by atomic mass is 32.1. The van der Waals surface area contributed by atoms with Gasteiger partial charge in [0, 0.05) is 4.88 Å². The van der Waals surface area contributed by atoms with Crippen LogP contribution < -0.4 is 5.32 Å². The van der Waals surface area contributed by atoms with E-state index < -0.39 is 0 Å². The Hall–Kier alpha value is -2.47. The lowest BCUT2D eigenvalue weighted by Gasteiger charge is -2.09. The third-order valence-corrected chi connectivity index (χ3v) is 3.78. The van der Waals surface area contributed by atoms with Crippen LogP contribution in [0.1, 0.15) is 14.5 Å². The van der Waals surface area contributed by atoms with Gasteiger partial charge in [-0.15, -0.1) is 11.3 Å². The van der Waals surface area contributed by atoms with Crippen molar-refractivity contribution in [3.63, 3.8) is 0 Å². The average Bonchev–Trinajstić information content (AvgIpc) is 3.10. The highest BCUT2D eigenvalue weighted by Gasteiger charge is 2.11. The van der Waals surface area contributed by atoms with E-state index in [1.807, 2.05) is 43.3 Å². The second-order valence-electron chi connectivity index (χ2n) is 4.22. The fraction of sp³-hybridized carbons (Fsp3) is 0.0714. The number of nitrogens with one attached hydrogen (secondary N) is 1. The Morgan fingerprint density at radius 1 is 1.25 bits per heavy atom. The van der Waals surface area contributed by atoms with Gasteiger partial charge in [-0.1, -0.05) is 12.1 Å². The van der Waals surface area contributed by atoms with Crippen molar-refractivity contribution < 1.29 is 4.79 Å². The molecule has 0 atom stereocenters. The summed E-state index contributed by atoms with van der Waals surface area (Å²) in [6.45, 7) is 1.98. The van der Waals surface area contributed by atoms with Crippen LogP contribution in [0.25, 0.3) is 5.69 Å². The van der Waals surface area contributed by atoms with E-state index in [-0.39, 0.29) is 5.91 Å². The van der Waals surface area contributed by atoms with Gasteiger partial charge < -0.3 is 5.32 Å². The Labute approximate surface area is 119 Å². The average molecular weight is 284 g/mol. The first-order valence-electron chi connectivity index (χ1n) is 6.06. The van der Waals surface area contributed by atoms with Crippen molar-refractivity contribution in [2.45, 2.75) is 6.92 Å². The molecule has 0 aliphatic heterocycles. The van der Waals surface area contributed by atoms with E-state index in [4.69, 9.17) is 0 Å². The molecule has 1 amide bonds. The Morgan fingerprint density at radius 2 is 2.10 bits per heavy atom. The van der Waals surface area contributed by atoms with Crippen LogP contribution in [0.4, 0.5) is 5.69 Å². The Morgan fingerprint density at radius 3 is 2.80 bits per heavy atom. The van der Waals surface area contributed by atoms with Gasteiger partial charge in [0.1, 0.15) is 12.7 Å². The molecule has 0 saturated heterocycles. The summed E-state index contributed by atoms with van der Waals surface area (Å²) in [7, 11) is 0. The van der Waals surface area contributed by atoms with Gasteiger partial charge in [-0.3, -0.25) is 4.79 Å². The maximum Gasteiger partial charge on any atom is 0.265 e. The summed E-state index contributed by atoms with van der Waals surface area (Å²) in [4.78, 5) is 17.9. The van der Waals surface area contributed by atoms with E-state index in [9.17, 15) is 4.79 Å². The number of hydrogen-bond acceptors (Lipinski definition) is 4. The molecule has 6 heteroatoms. The van der Waals surface area contributed by atoms with Crippen LogP contribution in [-0.4, -0.2) is 20.7 Å². The summed E-state index contributed by atoms with van der Waals surface area (Å²) in [5.41, 5.74) is 1.49. The van der Waals surface area contributed by atoms with Gasteiger partial charge in [-0.25, -0.2) is 9.67 Å². The lowest BCUT2D eigenvalue weighted by Crippen LogP contribution is -2.12. The lowest BCUT2D eigenvalue weighted by molar-refractivity contribution is 0.103. The van der Waals surface area contributed by atoms with Crippen molar-refractivity contribution >= 4 is 22.9 Å². The second kappa shape index (κ2) is 5.26. The number of benzene rings is 1. The number of nitrogens with zero attached hydrogens (tertiary/aromatic N) is 3. The summed E-state index contributed by atoms with van der Waals surface area (Å²) in [6.07, 6.45) is 3.06. The quantitative estimate of drug-likeness (QED) is 0.804. The summed E-state index contributed by atoms with van der Waals surface area (Å²) in [5, 5.41) is 7.00. The summed E-state index contributed by atoms with van der Waals surface area (Å²) < 4.78 is 1.62. The minimum atomic E-state index is -0.115. The molecule has 0 saturated carbocycles. The molecule has 2 aromatic heterocycles. The van der Waals surface area contributed by atoms with E-state index in [1.165, 1.54) is 17.7 Å². The SMILES string of the molecule is Cc1ccc(C(=O)Nc2ccccc2-n2cncn2)s1. The molecule has 0 radical (unpaired) electrons. The Balaban J connectivity index is 1.90. The molecule has 0 fully saturated rings. The third kappa shape index (κ3) is 2.46. The van der Waals surface area contributed by atoms with Crippen LogP contribution in [0.3, 0.4) is 0 Å². The molecular formula is C14H12N4OS. The van der Waals surface area contributed by atoms with Crippen molar-refractivity contribution in [1.29, 1.82) is 0 Å². The zero-order valence-corrected chi connectivity index (χ0v) is 11.6. The first-order valence-corrected chi connectivity index (χ1v) is 6.87. The Kier molecular flexibility index (Phi) is 3.30. The monoisotopic (exact) mass is 284 g/mol. The first kappa shape index (κ1) is 12.6. The summed E-state index contributed by atoms with van der Waals surface area (Å²) >= 11 is 1.47. The molecule has 0 aliphatic carbocycles. The van der Waals surface area contributed by atoms with Crippen LogP contribution in [0, 0.1) is 6.92 Å². The molecule has 20 heavy (non-hydrogen) atoms. The summed E-state index contributed by atoms with van der Waals surface area (Å²) in [5.74, 6) is -0.115. The highest BCUT2D eigenvalue weighted by Crippen LogP contribution is 2.21. The molecule has 1 aromatic carbocycles. The maximum absolute atomic E-state index is 12.2. The zero-order valence-electron chi connectivity index (χ0n) is 10.8. The highest BCUT2D eigenvalue weighted by molar-refractivity contribution is 7.14. The number of thiophene rings is 1. The number of carbonyl (C=O) groups is 1. The fourth-order valence-corrected chi connectivity index (χ4v) is 2.61. The molecule has 3 aromatic rings. The predicted octanol–water partition coefficient (Wildman–Crippen LogP) is 2.89. The van der Waals surface area contributed by atoms with E-state index in [0.717, 1.165) is 10.6 Å². The molecule has 100 valence electrons. The second-order valence-corrected chi connectivity index (χ2v) is 5.51. The number of anilines is 1. The smallest absolute Gasteiger partial charge is 0.265 e. The van der Waals surface area contributed by atoms with Gasteiger partial charge in [0.05, 0.1) is 16.3 Å². The topological polar surface area (TPSA) is 59.8 Å². The lowest BCUT2D eigenvalue weighted by atomic mass is 10.2. The third-order valence-electron chi connectivity index (χ3n) is 2.78. The van der Waals surface area contributed by atoms with Crippen LogP contribution in [0.5, 0.6) is 0 Å². The molecule has 1 N–H and O–H groups in total. The van der Waals surface area contributed by atoms with Gasteiger partial charge >= 0.3 is 0 Å². The molecule has 3 rings (SSSR count). The Bertz CT molecular complexity index is 733. The number of hydrogen-bond donors (Lipinski definition) is 1. The van der Waals surface area contributed by atoms with Crippen LogP contribution in [-0.2, 0) is 0 Å². The molecule has 5 nitrogen and oxygen atoms in total. The number of amides is 1. The largest absolute Gasteiger partial charge is 0.319 e. The van der Waals surface area contributed by atoms with Gasteiger partial charge in [-0.05, 0) is 31.2 Å². The number of para-hydroxylation sites is 2. The zero-order chi connectivity index (χ0) is 13.9. The summed E-state index contributed by atoms with van der Waals surface area (Å²) in [6, 6.07) is 11.2. The molecule has 0 bridgehead atoms. The minimum Gasteiger partial charge on any atom is -0.319 e. The number of rotatable bonds is 3. The number of aromatic nitrogens is 3. The van der Waals surface area contributed by atoms with Crippen molar-refractivity contribution in [1.82, 2.24) is 14.8 Å². The normalized spacial score (nSPS) is 10.4. The van der Waals surface area contributed by atoms with Crippen molar-refractivity contribution in [3.8, 4) is 5.69 Å². The maximum atomic E-state index is 12.2. The van der Waals surface area contributed by atoms with E-state index in [2.05, 4.69) is 15.4 Å². The van der Waals surface area contributed by atoms with E-state index >= 15 is 0 Å². The van der Waals surface area contributed by atoms with Crippen molar-refractivity contribution in [2.24, 2.45) is 0 Å².